The van der Waals surface area contributed by atoms with Crippen LogP contribution in [-0.2, 0) is 16.2 Å². The SMILES string of the molecule is COOCCCc1[nH]c(O)c(C(C)=O)c1O. The highest BCUT2D eigenvalue weighted by atomic mass is 17.2. The average Bonchev–Trinajstić information content (AvgIpc) is 2.49. The van der Waals surface area contributed by atoms with Gasteiger partial charge in [-0.25, -0.2) is 9.78 Å². The second-order valence-corrected chi connectivity index (χ2v) is 3.32. The maximum Gasteiger partial charge on any atom is 0.203 e. The van der Waals surface area contributed by atoms with Crippen molar-refractivity contribution in [3.8, 4) is 11.6 Å². The summed E-state index contributed by atoms with van der Waals surface area (Å²) in [7, 11) is 1.41. The summed E-state index contributed by atoms with van der Waals surface area (Å²) in [4.78, 5) is 22.7. The molecule has 0 unspecified atom stereocenters. The molecule has 1 aromatic heterocycles. The zero-order valence-corrected chi connectivity index (χ0v) is 9.24. The number of aromatic nitrogens is 1. The normalized spacial score (nSPS) is 10.6. The molecule has 0 aliphatic carbocycles. The lowest BCUT2D eigenvalue weighted by Gasteiger charge is -1.99. The molecule has 0 aromatic carbocycles. The molecule has 0 saturated carbocycles. The van der Waals surface area contributed by atoms with Crippen LogP contribution in [0.4, 0.5) is 0 Å². The summed E-state index contributed by atoms with van der Waals surface area (Å²) < 4.78 is 0. The number of carbonyl (C=O) groups excluding carboxylic acids is 1. The maximum atomic E-state index is 11.1. The number of H-pyrrole nitrogens is 1. The van der Waals surface area contributed by atoms with E-state index in [1.807, 2.05) is 0 Å². The smallest absolute Gasteiger partial charge is 0.203 e. The van der Waals surface area contributed by atoms with Gasteiger partial charge in [0.25, 0.3) is 0 Å². The van der Waals surface area contributed by atoms with Crippen molar-refractivity contribution in [1.29, 1.82) is 0 Å². The number of Topliss-reactive ketones (excluding diaryl/α,β-unsaturated/α-hetero) is 1. The zero-order chi connectivity index (χ0) is 12.1. The molecule has 0 radical (unpaired) electrons. The molecular weight excluding hydrogens is 214 g/mol. The van der Waals surface area contributed by atoms with Gasteiger partial charge in [0.2, 0.25) is 5.88 Å². The summed E-state index contributed by atoms with van der Waals surface area (Å²) in [6, 6.07) is 0. The average molecular weight is 229 g/mol. The number of hydrogen-bond donors (Lipinski definition) is 3. The van der Waals surface area contributed by atoms with E-state index in [0.717, 1.165) is 0 Å². The number of aryl methyl sites for hydroxylation is 1. The van der Waals surface area contributed by atoms with Crippen molar-refractivity contribution in [1.82, 2.24) is 4.98 Å². The van der Waals surface area contributed by atoms with Crippen molar-refractivity contribution in [2.24, 2.45) is 0 Å². The summed E-state index contributed by atoms with van der Waals surface area (Å²) in [6.45, 7) is 1.64. The van der Waals surface area contributed by atoms with Crippen molar-refractivity contribution < 1.29 is 24.8 Å². The van der Waals surface area contributed by atoms with Gasteiger partial charge in [0, 0.05) is 0 Å². The maximum absolute atomic E-state index is 11.1. The van der Waals surface area contributed by atoms with Gasteiger partial charge in [0.05, 0.1) is 19.4 Å². The van der Waals surface area contributed by atoms with Crippen LogP contribution in [0.15, 0.2) is 0 Å². The molecule has 1 aromatic rings. The third kappa shape index (κ3) is 2.74. The van der Waals surface area contributed by atoms with E-state index in [9.17, 15) is 15.0 Å². The number of carbonyl (C=O) groups is 1. The zero-order valence-electron chi connectivity index (χ0n) is 9.24. The van der Waals surface area contributed by atoms with Crippen LogP contribution in [0.2, 0.25) is 0 Å². The second kappa shape index (κ2) is 5.53. The van der Waals surface area contributed by atoms with Gasteiger partial charge in [0.1, 0.15) is 5.56 Å². The van der Waals surface area contributed by atoms with E-state index in [-0.39, 0.29) is 23.0 Å². The van der Waals surface area contributed by atoms with E-state index in [1.165, 1.54) is 14.0 Å². The monoisotopic (exact) mass is 229 g/mol. The Bertz CT molecular complexity index is 372. The Balaban J connectivity index is 2.67. The molecule has 0 aliphatic heterocycles. The lowest BCUT2D eigenvalue weighted by Crippen LogP contribution is -1.96. The standard InChI is InChI=1S/C10H15NO5/c1-6(12)8-9(13)7(11-10(8)14)4-3-5-16-15-2/h11,13-14H,3-5H2,1-2H3. The molecule has 0 fully saturated rings. The fourth-order valence-electron chi connectivity index (χ4n) is 1.43. The van der Waals surface area contributed by atoms with Crippen LogP contribution >= 0.6 is 0 Å². The molecule has 0 saturated heterocycles. The third-order valence-electron chi connectivity index (χ3n) is 2.15. The highest BCUT2D eigenvalue weighted by Gasteiger charge is 2.19. The van der Waals surface area contributed by atoms with Gasteiger partial charge in [-0.2, -0.15) is 0 Å². The summed E-state index contributed by atoms with van der Waals surface area (Å²) in [6.07, 6.45) is 1.05. The van der Waals surface area contributed by atoms with E-state index >= 15 is 0 Å². The van der Waals surface area contributed by atoms with E-state index in [2.05, 4.69) is 14.8 Å². The van der Waals surface area contributed by atoms with Crippen LogP contribution < -0.4 is 0 Å². The molecule has 0 atom stereocenters. The van der Waals surface area contributed by atoms with E-state index in [4.69, 9.17) is 0 Å². The minimum absolute atomic E-state index is 0.0670. The Kier molecular flexibility index (Phi) is 4.33. The predicted octanol–water partition coefficient (Wildman–Crippen LogP) is 1.14. The first-order chi connectivity index (χ1) is 7.57. The lowest BCUT2D eigenvalue weighted by molar-refractivity contribution is -0.272. The van der Waals surface area contributed by atoms with Gasteiger partial charge < -0.3 is 15.2 Å². The van der Waals surface area contributed by atoms with Gasteiger partial charge in [-0.05, 0) is 19.8 Å². The summed E-state index contributed by atoms with van der Waals surface area (Å²) in [5, 5.41) is 19.0. The van der Waals surface area contributed by atoms with E-state index < -0.39 is 0 Å². The Morgan fingerprint density at radius 1 is 1.44 bits per heavy atom. The van der Waals surface area contributed by atoms with Crippen LogP contribution in [0, 0.1) is 0 Å². The van der Waals surface area contributed by atoms with Crippen LogP contribution in [0.5, 0.6) is 11.6 Å². The van der Waals surface area contributed by atoms with Gasteiger partial charge in [-0.15, -0.1) is 0 Å². The first-order valence-corrected chi connectivity index (χ1v) is 4.87. The van der Waals surface area contributed by atoms with Crippen LogP contribution in [-0.4, -0.2) is 34.7 Å². The van der Waals surface area contributed by atoms with Gasteiger partial charge in [-0.3, -0.25) is 4.79 Å². The molecule has 16 heavy (non-hydrogen) atoms. The van der Waals surface area contributed by atoms with Crippen molar-refractivity contribution in [2.75, 3.05) is 13.7 Å². The van der Waals surface area contributed by atoms with Gasteiger partial charge >= 0.3 is 0 Å². The minimum atomic E-state index is -0.384. The van der Waals surface area contributed by atoms with Gasteiger partial charge in [-0.1, -0.05) is 0 Å². The fourth-order valence-corrected chi connectivity index (χ4v) is 1.43. The van der Waals surface area contributed by atoms with Crippen LogP contribution in [0.3, 0.4) is 0 Å². The Hall–Kier alpha value is -1.53. The van der Waals surface area contributed by atoms with E-state index in [0.29, 0.717) is 25.1 Å². The molecule has 0 spiro atoms. The number of aromatic hydroxyl groups is 2. The van der Waals surface area contributed by atoms with Crippen LogP contribution in [0.25, 0.3) is 0 Å². The third-order valence-corrected chi connectivity index (χ3v) is 2.15. The van der Waals surface area contributed by atoms with Crippen LogP contribution in [0.1, 0.15) is 29.4 Å². The number of ketones is 1. The molecule has 90 valence electrons. The van der Waals surface area contributed by atoms with E-state index in [1.54, 1.807) is 0 Å². The minimum Gasteiger partial charge on any atom is -0.505 e. The van der Waals surface area contributed by atoms with Crippen molar-refractivity contribution in [3.63, 3.8) is 0 Å². The molecule has 6 heteroatoms. The molecular formula is C10H15NO5. The molecule has 1 heterocycles. The number of hydrogen-bond acceptors (Lipinski definition) is 5. The quantitative estimate of drug-likeness (QED) is 0.294. The highest BCUT2D eigenvalue weighted by molar-refractivity contribution is 5.99. The first kappa shape index (κ1) is 12.5. The Morgan fingerprint density at radius 3 is 2.62 bits per heavy atom. The molecule has 0 amide bonds. The Morgan fingerprint density at radius 2 is 2.12 bits per heavy atom. The lowest BCUT2D eigenvalue weighted by atomic mass is 10.1. The number of aromatic amines is 1. The molecule has 6 nitrogen and oxygen atoms in total. The number of rotatable bonds is 6. The summed E-state index contributed by atoms with van der Waals surface area (Å²) in [5.41, 5.74) is 0.352. The highest BCUT2D eigenvalue weighted by Crippen LogP contribution is 2.31. The number of nitrogens with one attached hydrogen (secondary N) is 1. The predicted molar refractivity (Wildman–Crippen MR) is 55.4 cm³/mol. The molecule has 1 rings (SSSR count). The van der Waals surface area contributed by atoms with Crippen molar-refractivity contribution in [2.45, 2.75) is 19.8 Å². The molecule has 0 bridgehead atoms. The topological polar surface area (TPSA) is 91.8 Å². The first-order valence-electron chi connectivity index (χ1n) is 4.87. The molecule has 0 aliphatic rings. The largest absolute Gasteiger partial charge is 0.505 e. The van der Waals surface area contributed by atoms with Crippen molar-refractivity contribution >= 4 is 5.78 Å². The van der Waals surface area contributed by atoms with Crippen molar-refractivity contribution in [3.05, 3.63) is 11.3 Å². The summed E-state index contributed by atoms with van der Waals surface area (Å²) >= 11 is 0. The summed E-state index contributed by atoms with van der Waals surface area (Å²) in [5.74, 6) is -0.874. The van der Waals surface area contributed by atoms with Gasteiger partial charge in [0.15, 0.2) is 11.5 Å². The Labute approximate surface area is 92.7 Å². The second-order valence-electron chi connectivity index (χ2n) is 3.32. The molecule has 3 N–H and O–H groups in total. The fraction of sp³-hybridized carbons (Fsp3) is 0.500.